The Morgan fingerprint density at radius 2 is 2.19 bits per heavy atom. The third-order valence-electron chi connectivity index (χ3n) is 3.61. The molecule has 0 spiro atoms. The molecular formula is C13H15FO2. The second kappa shape index (κ2) is 3.58. The van der Waals surface area contributed by atoms with E-state index in [1.54, 1.807) is 19.9 Å². The first-order valence-electron chi connectivity index (χ1n) is 5.44. The average molecular weight is 222 g/mol. The van der Waals surface area contributed by atoms with Crippen LogP contribution < -0.4 is 0 Å². The summed E-state index contributed by atoms with van der Waals surface area (Å²) in [5.41, 5.74) is 1.16. The topological polar surface area (TPSA) is 37.3 Å². The molecule has 0 amide bonds. The van der Waals surface area contributed by atoms with Gasteiger partial charge in [-0.2, -0.15) is 0 Å². The number of rotatable bonds is 2. The third-order valence-corrected chi connectivity index (χ3v) is 3.61. The molecule has 1 aromatic rings. The summed E-state index contributed by atoms with van der Waals surface area (Å²) in [6.45, 7) is 3.47. The molecule has 16 heavy (non-hydrogen) atoms. The predicted octanol–water partition coefficient (Wildman–Crippen LogP) is 2.97. The van der Waals surface area contributed by atoms with Crippen molar-refractivity contribution in [1.29, 1.82) is 0 Å². The second-order valence-corrected chi connectivity index (χ2v) is 4.96. The monoisotopic (exact) mass is 222 g/mol. The molecule has 0 heterocycles. The van der Waals surface area contributed by atoms with E-state index in [0.29, 0.717) is 0 Å². The van der Waals surface area contributed by atoms with Crippen molar-refractivity contribution < 1.29 is 14.3 Å². The number of fused-ring (bicyclic) bond motifs is 1. The van der Waals surface area contributed by atoms with Gasteiger partial charge in [-0.3, -0.25) is 4.79 Å². The summed E-state index contributed by atoms with van der Waals surface area (Å²) in [6.07, 6.45) is 1.56. The maximum Gasteiger partial charge on any atom is 0.309 e. The Hall–Kier alpha value is -1.38. The van der Waals surface area contributed by atoms with Gasteiger partial charge < -0.3 is 5.11 Å². The molecule has 0 aromatic heterocycles. The molecule has 0 bridgehead atoms. The summed E-state index contributed by atoms with van der Waals surface area (Å²) in [5.74, 6) is -1.05. The van der Waals surface area contributed by atoms with Gasteiger partial charge in [-0.25, -0.2) is 4.39 Å². The van der Waals surface area contributed by atoms with E-state index in [9.17, 15) is 14.3 Å². The summed E-state index contributed by atoms with van der Waals surface area (Å²) < 4.78 is 13.0. The van der Waals surface area contributed by atoms with Crippen molar-refractivity contribution >= 4 is 5.97 Å². The molecule has 0 saturated carbocycles. The van der Waals surface area contributed by atoms with Gasteiger partial charge in [-0.05, 0) is 49.9 Å². The molecular weight excluding hydrogens is 207 g/mol. The maximum absolute atomic E-state index is 13.0. The zero-order chi connectivity index (χ0) is 11.9. The van der Waals surface area contributed by atoms with Crippen LogP contribution in [-0.4, -0.2) is 11.1 Å². The van der Waals surface area contributed by atoms with E-state index >= 15 is 0 Å². The van der Waals surface area contributed by atoms with Crippen molar-refractivity contribution in [2.75, 3.05) is 0 Å². The Morgan fingerprint density at radius 1 is 1.50 bits per heavy atom. The summed E-state index contributed by atoms with van der Waals surface area (Å²) in [5, 5.41) is 9.21. The van der Waals surface area contributed by atoms with E-state index in [1.165, 1.54) is 12.1 Å². The summed E-state index contributed by atoms with van der Waals surface area (Å²) in [4.78, 5) is 11.2. The summed E-state index contributed by atoms with van der Waals surface area (Å²) in [7, 11) is 0. The van der Waals surface area contributed by atoms with Gasteiger partial charge in [0.1, 0.15) is 5.82 Å². The number of aryl methyl sites for hydroxylation is 1. The second-order valence-electron chi connectivity index (χ2n) is 4.96. The SMILES string of the molecule is CC(C)(C(=O)O)C1CCc2cc(F)ccc21. The number of hydrogen-bond acceptors (Lipinski definition) is 1. The van der Waals surface area contributed by atoms with Crippen LogP contribution in [-0.2, 0) is 11.2 Å². The maximum atomic E-state index is 13.0. The van der Waals surface area contributed by atoms with Gasteiger partial charge in [0.2, 0.25) is 0 Å². The highest BCUT2D eigenvalue weighted by Crippen LogP contribution is 2.45. The molecule has 2 rings (SSSR count). The van der Waals surface area contributed by atoms with Crippen molar-refractivity contribution in [3.8, 4) is 0 Å². The lowest BCUT2D eigenvalue weighted by Gasteiger charge is -2.27. The van der Waals surface area contributed by atoms with Crippen LogP contribution in [0, 0.1) is 11.2 Å². The van der Waals surface area contributed by atoms with Crippen LogP contribution >= 0.6 is 0 Å². The fourth-order valence-electron chi connectivity index (χ4n) is 2.48. The fourth-order valence-corrected chi connectivity index (χ4v) is 2.48. The van der Waals surface area contributed by atoms with Gasteiger partial charge in [0.15, 0.2) is 0 Å². The molecule has 86 valence electrons. The molecule has 0 fully saturated rings. The Kier molecular flexibility index (Phi) is 2.49. The van der Waals surface area contributed by atoms with Crippen LogP contribution in [0.25, 0.3) is 0 Å². The van der Waals surface area contributed by atoms with Crippen LogP contribution in [0.15, 0.2) is 18.2 Å². The average Bonchev–Trinajstić information content (AvgIpc) is 2.60. The molecule has 0 saturated heterocycles. The highest BCUT2D eigenvalue weighted by Gasteiger charge is 2.41. The zero-order valence-corrected chi connectivity index (χ0v) is 9.46. The zero-order valence-electron chi connectivity index (χ0n) is 9.46. The van der Waals surface area contributed by atoms with Gasteiger partial charge in [-0.15, -0.1) is 0 Å². The van der Waals surface area contributed by atoms with E-state index < -0.39 is 11.4 Å². The minimum Gasteiger partial charge on any atom is -0.481 e. The predicted molar refractivity (Wildman–Crippen MR) is 58.9 cm³/mol. The van der Waals surface area contributed by atoms with Gasteiger partial charge in [0, 0.05) is 5.92 Å². The van der Waals surface area contributed by atoms with Gasteiger partial charge in [0.05, 0.1) is 5.41 Å². The molecule has 0 radical (unpaired) electrons. The summed E-state index contributed by atoms with van der Waals surface area (Å²) in [6, 6.07) is 4.66. The number of hydrogen-bond donors (Lipinski definition) is 1. The molecule has 1 aromatic carbocycles. The quantitative estimate of drug-likeness (QED) is 0.835. The number of benzene rings is 1. The minimum atomic E-state index is -0.797. The minimum absolute atomic E-state index is 0.0133. The molecule has 1 aliphatic carbocycles. The van der Waals surface area contributed by atoms with E-state index in [-0.39, 0.29) is 11.7 Å². The Bertz CT molecular complexity index is 438. The molecule has 1 atom stereocenters. The lowest BCUT2D eigenvalue weighted by Crippen LogP contribution is -2.30. The molecule has 1 N–H and O–H groups in total. The van der Waals surface area contributed by atoms with Gasteiger partial charge >= 0.3 is 5.97 Å². The molecule has 3 heteroatoms. The van der Waals surface area contributed by atoms with Gasteiger partial charge in [0.25, 0.3) is 0 Å². The molecule has 1 aliphatic rings. The molecule has 1 unspecified atom stereocenters. The van der Waals surface area contributed by atoms with Gasteiger partial charge in [-0.1, -0.05) is 6.07 Å². The Balaban J connectivity index is 2.41. The normalized spacial score (nSPS) is 19.6. The summed E-state index contributed by atoms with van der Waals surface area (Å²) >= 11 is 0. The first-order chi connectivity index (χ1) is 7.43. The lowest BCUT2D eigenvalue weighted by atomic mass is 9.76. The lowest BCUT2D eigenvalue weighted by molar-refractivity contribution is -0.148. The molecule has 2 nitrogen and oxygen atoms in total. The van der Waals surface area contributed by atoms with Crippen LogP contribution in [0.5, 0.6) is 0 Å². The van der Waals surface area contributed by atoms with Crippen molar-refractivity contribution in [1.82, 2.24) is 0 Å². The number of aliphatic carboxylic acids is 1. The van der Waals surface area contributed by atoms with Crippen LogP contribution in [0.4, 0.5) is 4.39 Å². The van der Waals surface area contributed by atoms with E-state index in [1.807, 2.05) is 0 Å². The smallest absolute Gasteiger partial charge is 0.309 e. The Morgan fingerprint density at radius 3 is 2.81 bits per heavy atom. The first kappa shape index (κ1) is 11.1. The van der Waals surface area contributed by atoms with Crippen LogP contribution in [0.2, 0.25) is 0 Å². The fraction of sp³-hybridized carbons (Fsp3) is 0.462. The van der Waals surface area contributed by atoms with Crippen LogP contribution in [0.1, 0.15) is 37.3 Å². The first-order valence-corrected chi connectivity index (χ1v) is 5.44. The van der Waals surface area contributed by atoms with E-state index in [4.69, 9.17) is 0 Å². The molecule has 0 aliphatic heterocycles. The standard InChI is InChI=1S/C13H15FO2/c1-13(2,12(15)16)11-6-3-8-7-9(14)4-5-10(8)11/h4-5,7,11H,3,6H2,1-2H3,(H,15,16). The Labute approximate surface area is 94.1 Å². The number of halogens is 1. The van der Waals surface area contributed by atoms with Crippen molar-refractivity contribution in [2.45, 2.75) is 32.6 Å². The number of carboxylic acid groups (broad SMARTS) is 1. The largest absolute Gasteiger partial charge is 0.481 e. The van der Waals surface area contributed by atoms with E-state index in [0.717, 1.165) is 24.0 Å². The van der Waals surface area contributed by atoms with E-state index in [2.05, 4.69) is 0 Å². The van der Waals surface area contributed by atoms with Crippen molar-refractivity contribution in [3.05, 3.63) is 35.1 Å². The van der Waals surface area contributed by atoms with Crippen LogP contribution in [0.3, 0.4) is 0 Å². The number of carbonyl (C=O) groups is 1. The van der Waals surface area contributed by atoms with Crippen molar-refractivity contribution in [3.63, 3.8) is 0 Å². The third kappa shape index (κ3) is 1.60. The highest BCUT2D eigenvalue weighted by molar-refractivity contribution is 5.75. The van der Waals surface area contributed by atoms with Crippen molar-refractivity contribution in [2.24, 2.45) is 5.41 Å². The highest BCUT2D eigenvalue weighted by atomic mass is 19.1. The number of carboxylic acids is 1.